The van der Waals surface area contributed by atoms with Crippen molar-refractivity contribution in [1.82, 2.24) is 15.4 Å². The molecule has 0 radical (unpaired) electrons. The third-order valence-electron chi connectivity index (χ3n) is 5.46. The molecule has 1 amide bonds. The Kier molecular flexibility index (Phi) is 6.30. The molecule has 1 aromatic heterocycles. The quantitative estimate of drug-likeness (QED) is 0.646. The lowest BCUT2D eigenvalue weighted by Gasteiger charge is -2.26. The van der Waals surface area contributed by atoms with E-state index in [2.05, 4.69) is 15.4 Å². The van der Waals surface area contributed by atoms with Crippen molar-refractivity contribution in [2.75, 3.05) is 39.4 Å². The maximum Gasteiger partial charge on any atom is 0.255 e. The minimum Gasteiger partial charge on any atom is -0.488 e. The van der Waals surface area contributed by atoms with Gasteiger partial charge >= 0.3 is 0 Å². The summed E-state index contributed by atoms with van der Waals surface area (Å²) in [6.45, 7) is 8.72. The fourth-order valence-electron chi connectivity index (χ4n) is 3.62. The number of hydrogen-bond acceptors (Lipinski definition) is 6. The SMILES string of the molecule is Cc1noc(C)c1COc1cc2ccccc2cc1C(=O)NCCN1CCOCC1. The van der Waals surface area contributed by atoms with Gasteiger partial charge in [0, 0.05) is 26.2 Å². The molecule has 0 atom stereocenters. The summed E-state index contributed by atoms with van der Waals surface area (Å²) in [5.41, 5.74) is 2.23. The second-order valence-corrected chi connectivity index (χ2v) is 7.50. The van der Waals surface area contributed by atoms with Gasteiger partial charge in [-0.2, -0.15) is 0 Å². The summed E-state index contributed by atoms with van der Waals surface area (Å²) < 4.78 is 16.7. The summed E-state index contributed by atoms with van der Waals surface area (Å²) in [6.07, 6.45) is 0. The number of benzene rings is 2. The topological polar surface area (TPSA) is 76.8 Å². The van der Waals surface area contributed by atoms with Crippen LogP contribution < -0.4 is 10.1 Å². The molecule has 0 bridgehead atoms. The van der Waals surface area contributed by atoms with E-state index in [1.54, 1.807) is 0 Å². The van der Waals surface area contributed by atoms with Crippen LogP contribution in [0.5, 0.6) is 5.75 Å². The molecular formula is C23H27N3O4. The largest absolute Gasteiger partial charge is 0.488 e. The molecule has 1 fully saturated rings. The standard InChI is InChI=1S/C23H27N3O4/c1-16-21(17(2)30-25-16)15-29-22-14-19-6-4-3-5-18(19)13-20(22)23(27)24-7-8-26-9-11-28-12-10-26/h3-6,13-14H,7-12,15H2,1-2H3,(H,24,27). The van der Waals surface area contributed by atoms with Crippen LogP contribution in [0.2, 0.25) is 0 Å². The van der Waals surface area contributed by atoms with Crippen molar-refractivity contribution in [3.8, 4) is 5.75 Å². The number of rotatable bonds is 7. The molecule has 1 aliphatic rings. The van der Waals surface area contributed by atoms with E-state index in [1.807, 2.05) is 50.2 Å². The first-order valence-corrected chi connectivity index (χ1v) is 10.3. The van der Waals surface area contributed by atoms with Crippen molar-refractivity contribution >= 4 is 16.7 Å². The molecule has 0 aliphatic carbocycles. The monoisotopic (exact) mass is 409 g/mol. The Balaban J connectivity index is 1.50. The van der Waals surface area contributed by atoms with Crippen molar-refractivity contribution in [3.63, 3.8) is 0 Å². The molecule has 1 N–H and O–H groups in total. The summed E-state index contributed by atoms with van der Waals surface area (Å²) in [4.78, 5) is 15.3. The number of aromatic nitrogens is 1. The Bertz CT molecular complexity index is 1000. The second-order valence-electron chi connectivity index (χ2n) is 7.50. The van der Waals surface area contributed by atoms with Gasteiger partial charge in [0.1, 0.15) is 18.1 Å². The van der Waals surface area contributed by atoms with Gasteiger partial charge in [0.25, 0.3) is 5.91 Å². The van der Waals surface area contributed by atoms with E-state index >= 15 is 0 Å². The van der Waals surface area contributed by atoms with Gasteiger partial charge < -0.3 is 19.3 Å². The van der Waals surface area contributed by atoms with Gasteiger partial charge in [-0.15, -0.1) is 0 Å². The van der Waals surface area contributed by atoms with Crippen molar-refractivity contribution in [2.24, 2.45) is 0 Å². The van der Waals surface area contributed by atoms with Gasteiger partial charge in [-0.05, 0) is 36.8 Å². The normalized spacial score (nSPS) is 14.7. The number of ether oxygens (including phenoxy) is 2. The number of nitrogens with zero attached hydrogens (tertiary/aromatic N) is 2. The molecule has 3 aromatic rings. The molecule has 1 aliphatic heterocycles. The summed E-state index contributed by atoms with van der Waals surface area (Å²) in [5, 5.41) is 9.03. The lowest BCUT2D eigenvalue weighted by Crippen LogP contribution is -2.41. The van der Waals surface area contributed by atoms with Gasteiger partial charge in [0.15, 0.2) is 0 Å². The predicted octanol–water partition coefficient (Wildman–Crippen LogP) is 3.09. The summed E-state index contributed by atoms with van der Waals surface area (Å²) in [6, 6.07) is 11.8. The molecule has 7 heteroatoms. The molecule has 0 saturated carbocycles. The van der Waals surface area contributed by atoms with Crippen LogP contribution in [-0.2, 0) is 11.3 Å². The first kappa shape index (κ1) is 20.4. The van der Waals surface area contributed by atoms with Crippen LogP contribution in [0.1, 0.15) is 27.4 Å². The van der Waals surface area contributed by atoms with Crippen LogP contribution in [0.15, 0.2) is 40.9 Å². The highest BCUT2D eigenvalue weighted by Gasteiger charge is 2.17. The molecule has 7 nitrogen and oxygen atoms in total. The highest BCUT2D eigenvalue weighted by molar-refractivity contribution is 6.01. The van der Waals surface area contributed by atoms with E-state index in [9.17, 15) is 4.79 Å². The van der Waals surface area contributed by atoms with E-state index in [4.69, 9.17) is 14.0 Å². The van der Waals surface area contributed by atoms with Crippen LogP contribution in [-0.4, -0.2) is 55.4 Å². The van der Waals surface area contributed by atoms with Crippen molar-refractivity contribution in [3.05, 3.63) is 59.0 Å². The molecule has 0 spiro atoms. The van der Waals surface area contributed by atoms with Crippen LogP contribution in [0.25, 0.3) is 10.8 Å². The predicted molar refractivity (Wildman–Crippen MR) is 114 cm³/mol. The zero-order valence-corrected chi connectivity index (χ0v) is 17.4. The summed E-state index contributed by atoms with van der Waals surface area (Å²) in [5.74, 6) is 1.14. The van der Waals surface area contributed by atoms with Crippen molar-refractivity contribution < 1.29 is 18.8 Å². The zero-order valence-electron chi connectivity index (χ0n) is 17.4. The van der Waals surface area contributed by atoms with Gasteiger partial charge in [0.05, 0.1) is 30.0 Å². The molecule has 2 aromatic carbocycles. The highest BCUT2D eigenvalue weighted by atomic mass is 16.5. The summed E-state index contributed by atoms with van der Waals surface area (Å²) >= 11 is 0. The Morgan fingerprint density at radius 2 is 1.90 bits per heavy atom. The Morgan fingerprint density at radius 3 is 2.60 bits per heavy atom. The number of aryl methyl sites for hydroxylation is 2. The third kappa shape index (κ3) is 4.63. The Hall–Kier alpha value is -2.90. The van der Waals surface area contributed by atoms with Gasteiger partial charge in [-0.1, -0.05) is 29.4 Å². The second kappa shape index (κ2) is 9.28. The zero-order chi connectivity index (χ0) is 20.9. The minimum atomic E-state index is -0.136. The van der Waals surface area contributed by atoms with Crippen molar-refractivity contribution in [2.45, 2.75) is 20.5 Å². The van der Waals surface area contributed by atoms with E-state index in [1.165, 1.54) is 0 Å². The van der Waals surface area contributed by atoms with Crippen LogP contribution in [0.3, 0.4) is 0 Å². The van der Waals surface area contributed by atoms with Crippen LogP contribution in [0, 0.1) is 13.8 Å². The van der Waals surface area contributed by atoms with Crippen LogP contribution >= 0.6 is 0 Å². The Labute approximate surface area is 175 Å². The number of amides is 1. The lowest BCUT2D eigenvalue weighted by atomic mass is 10.1. The van der Waals surface area contributed by atoms with Gasteiger partial charge in [0.2, 0.25) is 0 Å². The molecule has 1 saturated heterocycles. The van der Waals surface area contributed by atoms with E-state index in [0.717, 1.165) is 60.6 Å². The van der Waals surface area contributed by atoms with Crippen LogP contribution in [0.4, 0.5) is 0 Å². The average molecular weight is 409 g/mol. The molecule has 4 rings (SSSR count). The number of carbonyl (C=O) groups excluding carboxylic acids is 1. The average Bonchev–Trinajstić information content (AvgIpc) is 3.09. The first-order chi connectivity index (χ1) is 14.6. The molecule has 0 unspecified atom stereocenters. The number of fused-ring (bicyclic) bond motifs is 1. The first-order valence-electron chi connectivity index (χ1n) is 10.3. The van der Waals surface area contributed by atoms with Gasteiger partial charge in [-0.3, -0.25) is 9.69 Å². The maximum absolute atomic E-state index is 13.0. The van der Waals surface area contributed by atoms with E-state index in [0.29, 0.717) is 24.5 Å². The molecular weight excluding hydrogens is 382 g/mol. The lowest BCUT2D eigenvalue weighted by molar-refractivity contribution is 0.0383. The fourth-order valence-corrected chi connectivity index (χ4v) is 3.62. The summed E-state index contributed by atoms with van der Waals surface area (Å²) in [7, 11) is 0. The number of nitrogens with one attached hydrogen (secondary N) is 1. The van der Waals surface area contributed by atoms with E-state index in [-0.39, 0.29) is 5.91 Å². The minimum absolute atomic E-state index is 0.136. The Morgan fingerprint density at radius 1 is 1.17 bits per heavy atom. The van der Waals surface area contributed by atoms with Crippen molar-refractivity contribution in [1.29, 1.82) is 0 Å². The highest BCUT2D eigenvalue weighted by Crippen LogP contribution is 2.27. The number of carbonyl (C=O) groups is 1. The molecule has 2 heterocycles. The van der Waals surface area contributed by atoms with Gasteiger partial charge in [-0.25, -0.2) is 0 Å². The maximum atomic E-state index is 13.0. The fraction of sp³-hybridized carbons (Fsp3) is 0.391. The molecule has 158 valence electrons. The molecule has 30 heavy (non-hydrogen) atoms. The van der Waals surface area contributed by atoms with E-state index < -0.39 is 0 Å². The smallest absolute Gasteiger partial charge is 0.255 e. The number of hydrogen-bond donors (Lipinski definition) is 1. The third-order valence-corrected chi connectivity index (χ3v) is 5.46. The number of morpholine rings is 1.